The molecule has 0 saturated carbocycles. The first-order valence-electron chi connectivity index (χ1n) is 3.40. The Bertz CT molecular complexity index is 306. The standard InChI is InChI=1S/C7H7N3OS/c11-8-4-6-2-1-3-10-7(6)5-9-12-10/h1-5,9,11H. The Morgan fingerprint density at radius 1 is 1.67 bits per heavy atom. The van der Waals surface area contributed by atoms with E-state index in [0.29, 0.717) is 0 Å². The molecule has 2 heterocycles. The van der Waals surface area contributed by atoms with Crippen LogP contribution in [0.2, 0.25) is 0 Å². The fourth-order valence-corrected chi connectivity index (χ4v) is 1.72. The summed E-state index contributed by atoms with van der Waals surface area (Å²) in [6.45, 7) is 0. The average molecular weight is 181 g/mol. The van der Waals surface area contributed by atoms with Gasteiger partial charge in [0.05, 0.1) is 24.0 Å². The van der Waals surface area contributed by atoms with Crippen molar-refractivity contribution in [1.82, 2.24) is 9.03 Å². The van der Waals surface area contributed by atoms with Crippen LogP contribution in [0, 0.1) is 0 Å². The van der Waals surface area contributed by atoms with Gasteiger partial charge < -0.3 is 9.93 Å². The minimum atomic E-state index is 0.887. The number of hydrogen-bond acceptors (Lipinski definition) is 5. The maximum atomic E-state index is 8.37. The molecule has 0 atom stereocenters. The van der Waals surface area contributed by atoms with Crippen molar-refractivity contribution in [3.63, 3.8) is 0 Å². The summed E-state index contributed by atoms with van der Waals surface area (Å²) in [4.78, 5) is 0. The highest BCUT2D eigenvalue weighted by Gasteiger charge is 2.18. The average Bonchev–Trinajstić information content (AvgIpc) is 2.53. The molecule has 2 N–H and O–H groups in total. The minimum Gasteiger partial charge on any atom is -0.411 e. The van der Waals surface area contributed by atoms with Crippen LogP contribution in [0.25, 0.3) is 0 Å². The van der Waals surface area contributed by atoms with E-state index in [9.17, 15) is 0 Å². The van der Waals surface area contributed by atoms with Crippen molar-refractivity contribution in [1.29, 1.82) is 0 Å². The quantitative estimate of drug-likeness (QED) is 0.276. The maximum absolute atomic E-state index is 8.37. The van der Waals surface area contributed by atoms with Gasteiger partial charge in [-0.3, -0.25) is 4.31 Å². The van der Waals surface area contributed by atoms with Gasteiger partial charge in [-0.25, -0.2) is 0 Å². The third kappa shape index (κ3) is 1.08. The maximum Gasteiger partial charge on any atom is 0.0789 e. The lowest BCUT2D eigenvalue weighted by Crippen LogP contribution is -2.09. The van der Waals surface area contributed by atoms with Crippen molar-refractivity contribution >= 4 is 18.3 Å². The van der Waals surface area contributed by atoms with E-state index >= 15 is 0 Å². The second-order valence-corrected chi connectivity index (χ2v) is 3.08. The molecule has 0 radical (unpaired) electrons. The molecule has 0 aromatic heterocycles. The number of rotatable bonds is 1. The molecule has 0 aromatic rings. The Morgan fingerprint density at radius 3 is 3.42 bits per heavy atom. The molecule has 2 aliphatic heterocycles. The topological polar surface area (TPSA) is 47.9 Å². The molecule has 12 heavy (non-hydrogen) atoms. The third-order valence-electron chi connectivity index (χ3n) is 1.57. The van der Waals surface area contributed by atoms with Gasteiger partial charge in [-0.15, -0.1) is 0 Å². The third-order valence-corrected chi connectivity index (χ3v) is 2.31. The highest BCUT2D eigenvalue weighted by atomic mass is 32.2. The number of nitrogens with one attached hydrogen (secondary N) is 1. The highest BCUT2D eigenvalue weighted by molar-refractivity contribution is 7.95. The summed E-state index contributed by atoms with van der Waals surface area (Å²) in [6, 6.07) is 0. The van der Waals surface area contributed by atoms with Crippen LogP contribution in [-0.2, 0) is 0 Å². The second kappa shape index (κ2) is 2.94. The molecule has 0 aliphatic carbocycles. The number of hydrogen-bond donors (Lipinski definition) is 2. The van der Waals surface area contributed by atoms with Crippen molar-refractivity contribution in [2.45, 2.75) is 0 Å². The van der Waals surface area contributed by atoms with Gasteiger partial charge in [0.15, 0.2) is 0 Å². The summed E-state index contributed by atoms with van der Waals surface area (Å²) in [5, 5.41) is 11.4. The molecule has 62 valence electrons. The van der Waals surface area contributed by atoms with Crippen molar-refractivity contribution in [2.24, 2.45) is 5.16 Å². The zero-order chi connectivity index (χ0) is 8.39. The van der Waals surface area contributed by atoms with Gasteiger partial charge >= 0.3 is 0 Å². The molecule has 5 heteroatoms. The molecule has 0 unspecified atom stereocenters. The van der Waals surface area contributed by atoms with E-state index in [1.165, 1.54) is 18.3 Å². The molecule has 0 bridgehead atoms. The van der Waals surface area contributed by atoms with E-state index in [-0.39, 0.29) is 0 Å². The Morgan fingerprint density at radius 2 is 2.58 bits per heavy atom. The molecule has 0 aromatic carbocycles. The lowest BCUT2D eigenvalue weighted by atomic mass is 10.1. The fourth-order valence-electron chi connectivity index (χ4n) is 1.05. The van der Waals surface area contributed by atoms with Crippen LogP contribution in [0.3, 0.4) is 0 Å². The van der Waals surface area contributed by atoms with Crippen molar-refractivity contribution in [2.75, 3.05) is 0 Å². The first-order valence-corrected chi connectivity index (χ1v) is 4.17. The molecule has 4 nitrogen and oxygen atoms in total. The van der Waals surface area contributed by atoms with Gasteiger partial charge in [0.2, 0.25) is 0 Å². The number of nitrogens with zero attached hydrogens (tertiary/aromatic N) is 2. The monoisotopic (exact) mass is 181 g/mol. The predicted octanol–water partition coefficient (Wildman–Crippen LogP) is 1.21. The van der Waals surface area contributed by atoms with Gasteiger partial charge in [-0.2, -0.15) is 0 Å². The highest BCUT2D eigenvalue weighted by Crippen LogP contribution is 2.28. The largest absolute Gasteiger partial charge is 0.411 e. The van der Waals surface area contributed by atoms with Crippen LogP contribution in [0.15, 0.2) is 41.0 Å². The van der Waals surface area contributed by atoms with Gasteiger partial charge in [0.25, 0.3) is 0 Å². The SMILES string of the molecule is ON=CC1=CC=CN2SNC=C12. The lowest BCUT2D eigenvalue weighted by molar-refractivity contribution is 0.321. The van der Waals surface area contributed by atoms with Crippen LogP contribution < -0.4 is 4.72 Å². The van der Waals surface area contributed by atoms with Gasteiger partial charge in [-0.05, 0) is 12.2 Å². The van der Waals surface area contributed by atoms with Crippen LogP contribution in [0.1, 0.15) is 0 Å². The summed E-state index contributed by atoms with van der Waals surface area (Å²) < 4.78 is 4.95. The molecule has 0 saturated heterocycles. The first kappa shape index (κ1) is 7.30. The zero-order valence-electron chi connectivity index (χ0n) is 6.14. The lowest BCUT2D eigenvalue weighted by Gasteiger charge is -2.16. The molecule has 0 spiro atoms. The van der Waals surface area contributed by atoms with Crippen LogP contribution in [0.5, 0.6) is 0 Å². The zero-order valence-corrected chi connectivity index (χ0v) is 6.95. The van der Waals surface area contributed by atoms with Gasteiger partial charge in [0, 0.05) is 18.0 Å². The Hall–Kier alpha value is -1.36. The fraction of sp³-hybridized carbons (Fsp3) is 0. The second-order valence-electron chi connectivity index (χ2n) is 2.27. The summed E-state index contributed by atoms with van der Waals surface area (Å²) in [5.41, 5.74) is 1.89. The van der Waals surface area contributed by atoms with Crippen molar-refractivity contribution in [3.05, 3.63) is 35.8 Å². The number of fused-ring (bicyclic) bond motifs is 1. The van der Waals surface area contributed by atoms with E-state index in [1.807, 2.05) is 28.9 Å². The smallest absolute Gasteiger partial charge is 0.0789 e. The Kier molecular flexibility index (Phi) is 1.79. The Balaban J connectivity index is 2.32. The number of allylic oxidation sites excluding steroid dienone is 3. The summed E-state index contributed by atoms with van der Waals surface area (Å²) >= 11 is 1.48. The van der Waals surface area contributed by atoms with Crippen molar-refractivity contribution < 1.29 is 5.21 Å². The minimum absolute atomic E-state index is 0.887. The van der Waals surface area contributed by atoms with E-state index in [0.717, 1.165) is 11.3 Å². The molecular formula is C7H7N3OS. The molecule has 2 rings (SSSR count). The van der Waals surface area contributed by atoms with Crippen LogP contribution in [-0.4, -0.2) is 15.7 Å². The predicted molar refractivity (Wildman–Crippen MR) is 48.2 cm³/mol. The summed E-state index contributed by atoms with van der Waals surface area (Å²) in [5.74, 6) is 0. The molecule has 0 amide bonds. The first-order chi connectivity index (χ1) is 5.92. The Labute approximate surface area is 74.2 Å². The molecule has 0 fully saturated rings. The van der Waals surface area contributed by atoms with E-state index in [4.69, 9.17) is 5.21 Å². The van der Waals surface area contributed by atoms with E-state index < -0.39 is 0 Å². The van der Waals surface area contributed by atoms with Crippen molar-refractivity contribution in [3.8, 4) is 0 Å². The molecular weight excluding hydrogens is 174 g/mol. The summed E-state index contributed by atoms with van der Waals surface area (Å²) in [6.07, 6.45) is 8.99. The molecule has 2 aliphatic rings. The normalized spacial score (nSPS) is 20.5. The van der Waals surface area contributed by atoms with Crippen LogP contribution in [0.4, 0.5) is 0 Å². The van der Waals surface area contributed by atoms with Crippen LogP contribution >= 0.6 is 12.1 Å². The number of oxime groups is 1. The summed E-state index contributed by atoms with van der Waals surface area (Å²) in [7, 11) is 0. The van der Waals surface area contributed by atoms with Gasteiger partial charge in [0.1, 0.15) is 0 Å². The van der Waals surface area contributed by atoms with E-state index in [2.05, 4.69) is 9.88 Å². The van der Waals surface area contributed by atoms with E-state index in [1.54, 1.807) is 0 Å². The van der Waals surface area contributed by atoms with Gasteiger partial charge in [-0.1, -0.05) is 5.16 Å².